The number of carboxylic acids is 1. The fourth-order valence-electron chi connectivity index (χ4n) is 4.30. The molecule has 0 spiro atoms. The lowest BCUT2D eigenvalue weighted by molar-refractivity contribution is -0.156. The summed E-state index contributed by atoms with van der Waals surface area (Å²) < 4.78 is 16.7. The lowest BCUT2D eigenvalue weighted by Crippen LogP contribution is -2.37. The van der Waals surface area contributed by atoms with E-state index in [4.69, 9.17) is 14.2 Å². The van der Waals surface area contributed by atoms with Crippen LogP contribution in [0.25, 0.3) is 0 Å². The van der Waals surface area contributed by atoms with Gasteiger partial charge in [0.2, 0.25) is 0 Å². The van der Waals surface area contributed by atoms with Crippen LogP contribution in [0.4, 0.5) is 0 Å². The second kappa shape index (κ2) is 5.85. The minimum Gasteiger partial charge on any atom is -0.478 e. The summed E-state index contributed by atoms with van der Waals surface area (Å²) in [4.78, 5) is 24.0. The molecular weight excluding hydrogens is 312 g/mol. The first-order chi connectivity index (χ1) is 11.5. The zero-order chi connectivity index (χ0) is 16.9. The topological polar surface area (TPSA) is 88.7 Å². The molecule has 24 heavy (non-hydrogen) atoms. The van der Waals surface area contributed by atoms with Gasteiger partial charge in [0.1, 0.15) is 0 Å². The summed E-state index contributed by atoms with van der Waals surface area (Å²) in [6, 6.07) is 0. The largest absolute Gasteiger partial charge is 0.478 e. The molecule has 0 aromatic rings. The first kappa shape index (κ1) is 16.1. The highest BCUT2D eigenvalue weighted by Gasteiger charge is 2.54. The van der Waals surface area contributed by atoms with Crippen LogP contribution in [-0.2, 0) is 23.8 Å². The van der Waals surface area contributed by atoms with Crippen LogP contribution in [0.1, 0.15) is 45.4 Å². The molecule has 2 heterocycles. The van der Waals surface area contributed by atoms with Gasteiger partial charge in [-0.15, -0.1) is 0 Å². The minimum absolute atomic E-state index is 0.0689. The van der Waals surface area contributed by atoms with Crippen LogP contribution in [0.3, 0.4) is 0 Å². The Labute approximate surface area is 141 Å². The smallest absolute Gasteiger partial charge is 0.330 e. The average Bonchev–Trinajstić information content (AvgIpc) is 3.45. The Balaban J connectivity index is 1.42. The zero-order valence-corrected chi connectivity index (χ0v) is 13.9. The fourth-order valence-corrected chi connectivity index (χ4v) is 4.30. The van der Waals surface area contributed by atoms with Gasteiger partial charge in [-0.25, -0.2) is 4.79 Å². The summed E-state index contributed by atoms with van der Waals surface area (Å²) >= 11 is 0. The van der Waals surface area contributed by atoms with Crippen molar-refractivity contribution in [3.8, 4) is 0 Å². The molecule has 1 N–H and O–H groups in total. The molecular formula is C18H24O6. The van der Waals surface area contributed by atoms with Gasteiger partial charge in [-0.1, -0.05) is 6.08 Å². The van der Waals surface area contributed by atoms with Crippen molar-refractivity contribution in [2.24, 2.45) is 11.3 Å². The summed E-state index contributed by atoms with van der Waals surface area (Å²) in [6.45, 7) is 1.94. The first-order valence-electron chi connectivity index (χ1n) is 8.88. The van der Waals surface area contributed by atoms with Gasteiger partial charge >= 0.3 is 11.9 Å². The molecule has 0 radical (unpaired) electrons. The molecule has 4 aliphatic rings. The van der Waals surface area contributed by atoms with Gasteiger partial charge in [0, 0.05) is 5.57 Å². The van der Waals surface area contributed by atoms with Crippen molar-refractivity contribution >= 4 is 11.9 Å². The molecule has 2 saturated carbocycles. The van der Waals surface area contributed by atoms with E-state index in [0.717, 1.165) is 25.7 Å². The zero-order valence-electron chi connectivity index (χ0n) is 13.9. The van der Waals surface area contributed by atoms with Crippen LogP contribution in [0.5, 0.6) is 0 Å². The van der Waals surface area contributed by atoms with Gasteiger partial charge in [0.25, 0.3) is 0 Å². The van der Waals surface area contributed by atoms with Crippen LogP contribution in [-0.4, -0.2) is 48.1 Å². The SMILES string of the molecule is CC(=CC1(C(=O)OCC2CCC3OC3C2)CCC2OC2C1)C(=O)O. The van der Waals surface area contributed by atoms with Crippen molar-refractivity contribution in [3.63, 3.8) is 0 Å². The van der Waals surface area contributed by atoms with E-state index in [9.17, 15) is 14.7 Å². The van der Waals surface area contributed by atoms with Crippen molar-refractivity contribution in [2.45, 2.75) is 69.9 Å². The number of epoxide rings is 2. The van der Waals surface area contributed by atoms with Crippen LogP contribution in [0.15, 0.2) is 11.6 Å². The summed E-state index contributed by atoms with van der Waals surface area (Å²) in [5.41, 5.74) is -0.661. The number of carboxylic acid groups (broad SMARTS) is 1. The lowest BCUT2D eigenvalue weighted by atomic mass is 9.73. The maximum Gasteiger partial charge on any atom is 0.330 e. The Morgan fingerprint density at radius 1 is 1.17 bits per heavy atom. The van der Waals surface area contributed by atoms with Gasteiger partial charge in [-0.05, 0) is 51.4 Å². The second-order valence-corrected chi connectivity index (χ2v) is 7.73. The number of hydrogen-bond acceptors (Lipinski definition) is 5. The maximum absolute atomic E-state index is 12.8. The highest BCUT2D eigenvalue weighted by Crippen LogP contribution is 2.48. The number of carbonyl (C=O) groups excluding carboxylic acids is 1. The molecule has 4 fully saturated rings. The fraction of sp³-hybridized carbons (Fsp3) is 0.778. The Morgan fingerprint density at radius 3 is 2.62 bits per heavy atom. The Bertz CT molecular complexity index is 584. The molecule has 132 valence electrons. The molecule has 6 heteroatoms. The molecule has 2 aliphatic heterocycles. The van der Waals surface area contributed by atoms with Gasteiger partial charge in [-0.3, -0.25) is 4.79 Å². The number of fused-ring (bicyclic) bond motifs is 2. The molecule has 0 aromatic heterocycles. The van der Waals surface area contributed by atoms with E-state index in [1.54, 1.807) is 6.08 Å². The molecule has 6 unspecified atom stereocenters. The van der Waals surface area contributed by atoms with Crippen LogP contribution >= 0.6 is 0 Å². The van der Waals surface area contributed by atoms with E-state index in [1.807, 2.05) is 0 Å². The molecule has 0 aromatic carbocycles. The summed E-state index contributed by atoms with van der Waals surface area (Å²) in [6.07, 6.45) is 7.64. The molecule has 2 aliphatic carbocycles. The molecule has 6 atom stereocenters. The Hall–Kier alpha value is -1.40. The van der Waals surface area contributed by atoms with E-state index >= 15 is 0 Å². The van der Waals surface area contributed by atoms with Crippen molar-refractivity contribution in [1.82, 2.24) is 0 Å². The van der Waals surface area contributed by atoms with E-state index in [0.29, 0.717) is 37.6 Å². The second-order valence-electron chi connectivity index (χ2n) is 7.73. The van der Waals surface area contributed by atoms with Crippen molar-refractivity contribution in [1.29, 1.82) is 0 Å². The molecule has 0 amide bonds. The average molecular weight is 336 g/mol. The quantitative estimate of drug-likeness (QED) is 0.470. The minimum atomic E-state index is -0.995. The molecule has 2 saturated heterocycles. The molecule has 0 bridgehead atoms. The number of rotatable bonds is 5. The van der Waals surface area contributed by atoms with Gasteiger partial charge in [-0.2, -0.15) is 0 Å². The maximum atomic E-state index is 12.8. The van der Waals surface area contributed by atoms with Crippen LogP contribution in [0.2, 0.25) is 0 Å². The summed E-state index contributed by atoms with van der Waals surface area (Å²) in [5.74, 6) is -0.936. The Morgan fingerprint density at radius 2 is 1.92 bits per heavy atom. The highest BCUT2D eigenvalue weighted by molar-refractivity contribution is 5.88. The predicted octanol–water partition coefficient (Wildman–Crippen LogP) is 2.07. The number of carbonyl (C=O) groups is 2. The van der Waals surface area contributed by atoms with Crippen LogP contribution < -0.4 is 0 Å². The molecule has 6 nitrogen and oxygen atoms in total. The van der Waals surface area contributed by atoms with Gasteiger partial charge in [0.15, 0.2) is 0 Å². The number of ether oxygens (including phenoxy) is 3. The lowest BCUT2D eigenvalue weighted by Gasteiger charge is -2.31. The van der Waals surface area contributed by atoms with Gasteiger partial charge < -0.3 is 19.3 Å². The summed E-state index contributed by atoms with van der Waals surface area (Å²) in [7, 11) is 0. The standard InChI is InChI=1S/C18H24O6/c1-10(16(19)20)7-18(5-4-13-15(8-18)24-13)17(21)22-9-11-2-3-12-14(6-11)23-12/h7,11-15H,2-6,8-9H2,1H3,(H,19,20). The Kier molecular flexibility index (Phi) is 3.92. The van der Waals surface area contributed by atoms with Crippen molar-refractivity contribution < 1.29 is 28.9 Å². The van der Waals surface area contributed by atoms with Crippen LogP contribution in [0, 0.1) is 11.3 Å². The van der Waals surface area contributed by atoms with Crippen molar-refractivity contribution in [3.05, 3.63) is 11.6 Å². The van der Waals surface area contributed by atoms with Crippen molar-refractivity contribution in [2.75, 3.05) is 6.61 Å². The van der Waals surface area contributed by atoms with E-state index in [2.05, 4.69) is 0 Å². The third-order valence-electron chi connectivity index (χ3n) is 5.93. The monoisotopic (exact) mass is 336 g/mol. The summed E-state index contributed by atoms with van der Waals surface area (Å²) in [5, 5.41) is 9.19. The first-order valence-corrected chi connectivity index (χ1v) is 8.88. The van der Waals surface area contributed by atoms with E-state index in [-0.39, 0.29) is 23.8 Å². The number of esters is 1. The van der Waals surface area contributed by atoms with E-state index in [1.165, 1.54) is 6.92 Å². The molecule has 4 rings (SSSR count). The number of aliphatic carboxylic acids is 1. The third-order valence-corrected chi connectivity index (χ3v) is 5.93. The van der Waals surface area contributed by atoms with E-state index < -0.39 is 11.4 Å². The third kappa shape index (κ3) is 3.09. The normalized spacial score (nSPS) is 43.4. The highest BCUT2D eigenvalue weighted by atomic mass is 16.6. The predicted molar refractivity (Wildman–Crippen MR) is 83.3 cm³/mol. The van der Waals surface area contributed by atoms with Gasteiger partial charge in [0.05, 0.1) is 36.4 Å². The number of hydrogen-bond donors (Lipinski definition) is 1.